The number of rotatable bonds is 3. The molecule has 0 spiro atoms. The van der Waals surface area contributed by atoms with E-state index in [-0.39, 0.29) is 0 Å². The summed E-state index contributed by atoms with van der Waals surface area (Å²) in [6.07, 6.45) is -1.60. The molecule has 0 fully saturated rings. The maximum absolute atomic E-state index is 12.9. The average molecular weight is 320 g/mol. The summed E-state index contributed by atoms with van der Waals surface area (Å²) in [5.74, 6) is -0.525. The normalized spacial score (nSPS) is 11.7. The van der Waals surface area contributed by atoms with Crippen molar-refractivity contribution >= 4 is 12.0 Å². The highest BCUT2D eigenvalue weighted by atomic mass is 19.4. The first-order valence-electron chi connectivity index (χ1n) is 6.86. The highest BCUT2D eigenvalue weighted by Crippen LogP contribution is 2.34. The molecule has 2 rings (SSSR count). The number of carbonyl (C=O) groups is 1. The van der Waals surface area contributed by atoms with Crippen molar-refractivity contribution in [3.8, 4) is 11.1 Å². The third kappa shape index (κ3) is 4.00. The van der Waals surface area contributed by atoms with Gasteiger partial charge in [0.05, 0.1) is 12.7 Å². The second-order valence-electron chi connectivity index (χ2n) is 4.97. The van der Waals surface area contributed by atoms with E-state index in [9.17, 15) is 18.0 Å². The largest absolute Gasteiger partial charge is 0.466 e. The number of esters is 1. The second-order valence-corrected chi connectivity index (χ2v) is 4.97. The Morgan fingerprint density at radius 3 is 2.48 bits per heavy atom. The van der Waals surface area contributed by atoms with Gasteiger partial charge in [0, 0.05) is 6.08 Å². The number of hydrogen-bond donors (Lipinski definition) is 0. The Hall–Kier alpha value is -2.56. The van der Waals surface area contributed by atoms with E-state index in [1.54, 1.807) is 24.3 Å². The van der Waals surface area contributed by atoms with Gasteiger partial charge in [-0.05, 0) is 47.4 Å². The standard InChI is InChI=1S/C18H15F3O2/c1-12-5-3-8-16(15(12)9-10-17(22)23-2)13-6-4-7-14(11-13)18(19,20)21/h3-11H,1-2H3/b10-9+. The maximum atomic E-state index is 12.9. The van der Waals surface area contributed by atoms with Gasteiger partial charge in [0.2, 0.25) is 0 Å². The van der Waals surface area contributed by atoms with Gasteiger partial charge in [-0.3, -0.25) is 0 Å². The summed E-state index contributed by atoms with van der Waals surface area (Å²) < 4.78 is 43.2. The molecule has 23 heavy (non-hydrogen) atoms. The molecule has 2 aromatic carbocycles. The molecule has 0 aliphatic rings. The van der Waals surface area contributed by atoms with Crippen molar-refractivity contribution in [3.63, 3.8) is 0 Å². The first kappa shape index (κ1) is 16.8. The van der Waals surface area contributed by atoms with Crippen molar-refractivity contribution in [1.29, 1.82) is 0 Å². The van der Waals surface area contributed by atoms with Crippen molar-refractivity contribution in [3.05, 3.63) is 65.2 Å². The molecule has 2 nitrogen and oxygen atoms in total. The van der Waals surface area contributed by atoms with Crippen LogP contribution in [0.2, 0.25) is 0 Å². The Bertz CT molecular complexity index is 746. The van der Waals surface area contributed by atoms with Crippen LogP contribution in [0.1, 0.15) is 16.7 Å². The Morgan fingerprint density at radius 1 is 1.13 bits per heavy atom. The lowest BCUT2D eigenvalue weighted by atomic mass is 9.94. The molecule has 0 amide bonds. The minimum absolute atomic E-state index is 0.438. The predicted octanol–water partition coefficient (Wildman–Crippen LogP) is 4.87. The number of alkyl halides is 3. The van der Waals surface area contributed by atoms with Gasteiger partial charge in [-0.2, -0.15) is 13.2 Å². The van der Waals surface area contributed by atoms with Gasteiger partial charge in [0.1, 0.15) is 0 Å². The lowest BCUT2D eigenvalue weighted by Crippen LogP contribution is -2.04. The molecule has 0 N–H and O–H groups in total. The third-order valence-corrected chi connectivity index (χ3v) is 3.41. The number of carbonyl (C=O) groups excluding carboxylic acids is 1. The van der Waals surface area contributed by atoms with Crippen molar-refractivity contribution in [2.45, 2.75) is 13.1 Å². The molecule has 0 aliphatic heterocycles. The molecular formula is C18H15F3O2. The SMILES string of the molecule is COC(=O)/C=C/c1c(C)cccc1-c1cccc(C(F)(F)F)c1. The lowest BCUT2D eigenvalue weighted by molar-refractivity contribution is -0.137. The van der Waals surface area contributed by atoms with Gasteiger partial charge in [0.25, 0.3) is 0 Å². The summed E-state index contributed by atoms with van der Waals surface area (Å²) in [7, 11) is 1.26. The summed E-state index contributed by atoms with van der Waals surface area (Å²) in [5.41, 5.74) is 1.88. The number of ether oxygens (including phenoxy) is 1. The molecule has 0 aromatic heterocycles. The molecular weight excluding hydrogens is 305 g/mol. The van der Waals surface area contributed by atoms with Gasteiger partial charge >= 0.3 is 12.1 Å². The number of halogens is 3. The first-order valence-corrected chi connectivity index (χ1v) is 6.86. The van der Waals surface area contributed by atoms with Gasteiger partial charge in [-0.15, -0.1) is 0 Å². The minimum Gasteiger partial charge on any atom is -0.466 e. The van der Waals surface area contributed by atoms with Crippen molar-refractivity contribution in [2.24, 2.45) is 0 Å². The highest BCUT2D eigenvalue weighted by Gasteiger charge is 2.30. The molecule has 0 atom stereocenters. The summed E-state index contributed by atoms with van der Waals surface area (Å²) in [4.78, 5) is 11.3. The quantitative estimate of drug-likeness (QED) is 0.596. The van der Waals surface area contributed by atoms with Crippen LogP contribution in [0.5, 0.6) is 0 Å². The van der Waals surface area contributed by atoms with Gasteiger partial charge in [-0.1, -0.05) is 30.3 Å². The first-order chi connectivity index (χ1) is 10.8. The average Bonchev–Trinajstić information content (AvgIpc) is 2.52. The van der Waals surface area contributed by atoms with E-state index in [0.29, 0.717) is 16.7 Å². The van der Waals surface area contributed by atoms with Crippen LogP contribution in [0.15, 0.2) is 48.5 Å². The molecule has 0 radical (unpaired) electrons. The smallest absolute Gasteiger partial charge is 0.416 e. The zero-order chi connectivity index (χ0) is 17.0. The zero-order valence-corrected chi connectivity index (χ0v) is 12.6. The Kier molecular flexibility index (Phi) is 4.89. The van der Waals surface area contributed by atoms with Crippen LogP contribution in [0.25, 0.3) is 17.2 Å². The fourth-order valence-corrected chi connectivity index (χ4v) is 2.24. The van der Waals surface area contributed by atoms with E-state index in [4.69, 9.17) is 0 Å². The number of aryl methyl sites for hydroxylation is 1. The van der Waals surface area contributed by atoms with E-state index in [1.165, 1.54) is 19.3 Å². The summed E-state index contributed by atoms with van der Waals surface area (Å²) >= 11 is 0. The summed E-state index contributed by atoms with van der Waals surface area (Å²) in [6, 6.07) is 10.4. The number of benzene rings is 2. The van der Waals surface area contributed by atoms with Crippen LogP contribution in [-0.4, -0.2) is 13.1 Å². The maximum Gasteiger partial charge on any atom is 0.416 e. The molecule has 5 heteroatoms. The van der Waals surface area contributed by atoms with E-state index in [1.807, 2.05) is 13.0 Å². The van der Waals surface area contributed by atoms with Crippen molar-refractivity contribution in [2.75, 3.05) is 7.11 Å². The molecule has 0 bridgehead atoms. The fourth-order valence-electron chi connectivity index (χ4n) is 2.24. The third-order valence-electron chi connectivity index (χ3n) is 3.41. The molecule has 0 aliphatic carbocycles. The van der Waals surface area contributed by atoms with E-state index < -0.39 is 17.7 Å². The zero-order valence-electron chi connectivity index (χ0n) is 12.6. The molecule has 0 saturated carbocycles. The topological polar surface area (TPSA) is 26.3 Å². The van der Waals surface area contributed by atoms with Gasteiger partial charge < -0.3 is 4.74 Å². The molecule has 0 unspecified atom stereocenters. The van der Waals surface area contributed by atoms with Crippen molar-refractivity contribution < 1.29 is 22.7 Å². The van der Waals surface area contributed by atoms with Gasteiger partial charge in [0.15, 0.2) is 0 Å². The van der Waals surface area contributed by atoms with Crippen LogP contribution in [-0.2, 0) is 15.7 Å². The van der Waals surface area contributed by atoms with Crippen LogP contribution in [0.3, 0.4) is 0 Å². The highest BCUT2D eigenvalue weighted by molar-refractivity contribution is 5.89. The Labute approximate surface area is 132 Å². The second kappa shape index (κ2) is 6.69. The fraction of sp³-hybridized carbons (Fsp3) is 0.167. The van der Waals surface area contributed by atoms with E-state index in [0.717, 1.165) is 17.7 Å². The van der Waals surface area contributed by atoms with E-state index in [2.05, 4.69) is 4.74 Å². The lowest BCUT2D eigenvalue weighted by Gasteiger charge is -2.12. The van der Waals surface area contributed by atoms with Crippen LogP contribution >= 0.6 is 0 Å². The van der Waals surface area contributed by atoms with Crippen LogP contribution in [0, 0.1) is 6.92 Å². The predicted molar refractivity (Wildman–Crippen MR) is 82.7 cm³/mol. The monoisotopic (exact) mass is 320 g/mol. The van der Waals surface area contributed by atoms with Crippen LogP contribution in [0.4, 0.5) is 13.2 Å². The molecule has 120 valence electrons. The minimum atomic E-state index is -4.40. The van der Waals surface area contributed by atoms with Crippen LogP contribution < -0.4 is 0 Å². The molecule has 0 heterocycles. The molecule has 2 aromatic rings. The Balaban J connectivity index is 2.54. The van der Waals surface area contributed by atoms with Crippen molar-refractivity contribution in [1.82, 2.24) is 0 Å². The number of methoxy groups -OCH3 is 1. The van der Waals surface area contributed by atoms with Gasteiger partial charge in [-0.25, -0.2) is 4.79 Å². The van der Waals surface area contributed by atoms with E-state index >= 15 is 0 Å². The Morgan fingerprint density at radius 2 is 1.83 bits per heavy atom. The summed E-state index contributed by atoms with van der Waals surface area (Å²) in [6.45, 7) is 1.83. The number of hydrogen-bond acceptors (Lipinski definition) is 2. The summed E-state index contributed by atoms with van der Waals surface area (Å²) in [5, 5.41) is 0. The molecule has 0 saturated heterocycles.